The van der Waals surface area contributed by atoms with Crippen molar-refractivity contribution >= 4 is 0 Å². The Morgan fingerprint density at radius 2 is 2.25 bits per heavy atom. The van der Waals surface area contributed by atoms with Crippen LogP contribution in [-0.4, -0.2) is 30.7 Å². The maximum absolute atomic E-state index is 3.76. The first-order valence-electron chi connectivity index (χ1n) is 4.57. The van der Waals surface area contributed by atoms with Gasteiger partial charge in [-0.05, 0) is 19.4 Å². The Hall–Kier alpha value is -0.600. The lowest BCUT2D eigenvalue weighted by Gasteiger charge is -2.35. The Labute approximate surface area is 74.9 Å². The predicted octanol–water partition coefficient (Wildman–Crippen LogP) is 1.37. The summed E-state index contributed by atoms with van der Waals surface area (Å²) in [6.07, 6.45) is 6.67. The molecule has 0 saturated carbocycles. The van der Waals surface area contributed by atoms with Crippen molar-refractivity contribution in [3.05, 3.63) is 25.3 Å². The van der Waals surface area contributed by atoms with Crippen molar-refractivity contribution in [2.45, 2.75) is 19.0 Å². The lowest BCUT2D eigenvalue weighted by atomic mass is 10.2. The van der Waals surface area contributed by atoms with Gasteiger partial charge in [0.25, 0.3) is 0 Å². The average Bonchev–Trinajstić information content (AvgIpc) is 2.09. The minimum Gasteiger partial charge on any atom is -0.301 e. The minimum atomic E-state index is 0.481. The van der Waals surface area contributed by atoms with Crippen LogP contribution in [0.4, 0.5) is 0 Å². The van der Waals surface area contributed by atoms with E-state index >= 15 is 0 Å². The van der Waals surface area contributed by atoms with Crippen molar-refractivity contribution in [2.75, 3.05) is 19.6 Å². The van der Waals surface area contributed by atoms with E-state index in [1.54, 1.807) is 0 Å². The molecule has 1 rings (SSSR count). The molecule has 0 aliphatic carbocycles. The lowest BCUT2D eigenvalue weighted by molar-refractivity contribution is 0.148. The quantitative estimate of drug-likeness (QED) is 0.635. The van der Waals surface area contributed by atoms with E-state index < -0.39 is 0 Å². The van der Waals surface area contributed by atoms with Gasteiger partial charge in [-0.15, -0.1) is 13.2 Å². The third kappa shape index (κ3) is 2.47. The number of hydrogen-bond donors (Lipinski definition) is 1. The fraction of sp³-hybridized carbons (Fsp3) is 0.600. The molecule has 1 unspecified atom stereocenters. The highest BCUT2D eigenvalue weighted by atomic mass is 15.3. The zero-order chi connectivity index (χ0) is 8.81. The molecule has 1 aliphatic rings. The van der Waals surface area contributed by atoms with Crippen LogP contribution in [0.2, 0.25) is 0 Å². The van der Waals surface area contributed by atoms with Crippen LogP contribution in [0.1, 0.15) is 12.8 Å². The summed E-state index contributed by atoms with van der Waals surface area (Å²) < 4.78 is 0. The summed E-state index contributed by atoms with van der Waals surface area (Å²) in [5.74, 6) is 0. The standard InChI is InChI=1S/C10H18N2/c1-3-6-10-11-7-5-9-12(10)8-4-2/h3-4,10-11H,1-2,5-9H2. The summed E-state index contributed by atoms with van der Waals surface area (Å²) >= 11 is 0. The van der Waals surface area contributed by atoms with Gasteiger partial charge in [0.15, 0.2) is 0 Å². The van der Waals surface area contributed by atoms with Crippen molar-refractivity contribution in [3.63, 3.8) is 0 Å². The van der Waals surface area contributed by atoms with Gasteiger partial charge in [0, 0.05) is 13.1 Å². The maximum atomic E-state index is 3.76. The summed E-state index contributed by atoms with van der Waals surface area (Å²) in [5, 5.41) is 3.46. The number of rotatable bonds is 4. The number of hydrogen-bond acceptors (Lipinski definition) is 2. The van der Waals surface area contributed by atoms with Gasteiger partial charge in [0.2, 0.25) is 0 Å². The van der Waals surface area contributed by atoms with E-state index in [4.69, 9.17) is 0 Å². The third-order valence-corrected chi connectivity index (χ3v) is 2.20. The summed E-state index contributed by atoms with van der Waals surface area (Å²) in [7, 11) is 0. The molecule has 1 heterocycles. The molecule has 0 spiro atoms. The van der Waals surface area contributed by atoms with Gasteiger partial charge in [-0.2, -0.15) is 0 Å². The van der Waals surface area contributed by atoms with Gasteiger partial charge in [0.05, 0.1) is 6.17 Å². The highest BCUT2D eigenvalue weighted by molar-refractivity contribution is 4.85. The SMILES string of the molecule is C=CCC1NCCCN1CC=C. The van der Waals surface area contributed by atoms with E-state index in [2.05, 4.69) is 23.4 Å². The van der Waals surface area contributed by atoms with Crippen LogP contribution in [0, 0.1) is 0 Å². The summed E-state index contributed by atoms with van der Waals surface area (Å²) in [4.78, 5) is 2.40. The molecule has 2 heteroatoms. The Morgan fingerprint density at radius 3 is 2.92 bits per heavy atom. The Bertz CT molecular complexity index is 136. The second-order valence-corrected chi connectivity index (χ2v) is 3.13. The van der Waals surface area contributed by atoms with Crippen molar-refractivity contribution in [2.24, 2.45) is 0 Å². The van der Waals surface area contributed by atoms with Crippen LogP contribution in [0.25, 0.3) is 0 Å². The summed E-state index contributed by atoms with van der Waals surface area (Å²) in [6.45, 7) is 10.8. The van der Waals surface area contributed by atoms with E-state index in [0.29, 0.717) is 6.17 Å². The molecule has 12 heavy (non-hydrogen) atoms. The largest absolute Gasteiger partial charge is 0.301 e. The third-order valence-electron chi connectivity index (χ3n) is 2.20. The molecule has 1 atom stereocenters. The fourth-order valence-corrected chi connectivity index (χ4v) is 1.61. The molecule has 0 aromatic carbocycles. The van der Waals surface area contributed by atoms with E-state index in [-0.39, 0.29) is 0 Å². The van der Waals surface area contributed by atoms with Crippen LogP contribution in [0.15, 0.2) is 25.3 Å². The van der Waals surface area contributed by atoms with Crippen molar-refractivity contribution in [3.8, 4) is 0 Å². The fourth-order valence-electron chi connectivity index (χ4n) is 1.61. The maximum Gasteiger partial charge on any atom is 0.0635 e. The summed E-state index contributed by atoms with van der Waals surface area (Å²) in [6, 6.07) is 0. The van der Waals surface area contributed by atoms with Gasteiger partial charge >= 0.3 is 0 Å². The molecular weight excluding hydrogens is 148 g/mol. The Balaban J connectivity index is 2.41. The first kappa shape index (κ1) is 9.49. The average molecular weight is 166 g/mol. The van der Waals surface area contributed by atoms with Crippen molar-refractivity contribution in [1.29, 1.82) is 0 Å². The Morgan fingerprint density at radius 1 is 1.42 bits per heavy atom. The van der Waals surface area contributed by atoms with Crippen LogP contribution < -0.4 is 5.32 Å². The Kier molecular flexibility index (Phi) is 4.05. The minimum absolute atomic E-state index is 0.481. The second kappa shape index (κ2) is 5.12. The first-order valence-corrected chi connectivity index (χ1v) is 4.57. The second-order valence-electron chi connectivity index (χ2n) is 3.13. The van der Waals surface area contributed by atoms with Crippen LogP contribution in [-0.2, 0) is 0 Å². The van der Waals surface area contributed by atoms with E-state index in [1.165, 1.54) is 13.0 Å². The molecular formula is C10H18N2. The molecule has 0 amide bonds. The lowest BCUT2D eigenvalue weighted by Crippen LogP contribution is -2.50. The molecule has 68 valence electrons. The number of nitrogens with zero attached hydrogens (tertiary/aromatic N) is 1. The molecule has 1 N–H and O–H groups in total. The van der Waals surface area contributed by atoms with E-state index in [0.717, 1.165) is 19.5 Å². The molecule has 0 radical (unpaired) electrons. The molecule has 1 saturated heterocycles. The van der Waals surface area contributed by atoms with Crippen molar-refractivity contribution < 1.29 is 0 Å². The molecule has 2 nitrogen and oxygen atoms in total. The first-order chi connectivity index (χ1) is 5.88. The molecule has 1 aliphatic heterocycles. The zero-order valence-corrected chi connectivity index (χ0v) is 7.63. The van der Waals surface area contributed by atoms with Crippen LogP contribution >= 0.6 is 0 Å². The highest BCUT2D eigenvalue weighted by Crippen LogP contribution is 2.07. The highest BCUT2D eigenvalue weighted by Gasteiger charge is 2.18. The summed E-state index contributed by atoms with van der Waals surface area (Å²) in [5.41, 5.74) is 0. The monoisotopic (exact) mass is 166 g/mol. The van der Waals surface area contributed by atoms with Crippen LogP contribution in [0.3, 0.4) is 0 Å². The van der Waals surface area contributed by atoms with Gasteiger partial charge < -0.3 is 5.32 Å². The van der Waals surface area contributed by atoms with Gasteiger partial charge in [-0.25, -0.2) is 0 Å². The number of nitrogens with one attached hydrogen (secondary N) is 1. The van der Waals surface area contributed by atoms with Crippen molar-refractivity contribution in [1.82, 2.24) is 10.2 Å². The molecule has 0 bridgehead atoms. The zero-order valence-electron chi connectivity index (χ0n) is 7.63. The van der Waals surface area contributed by atoms with Crippen LogP contribution in [0.5, 0.6) is 0 Å². The van der Waals surface area contributed by atoms with Gasteiger partial charge in [0.1, 0.15) is 0 Å². The predicted molar refractivity (Wildman–Crippen MR) is 53.0 cm³/mol. The molecule has 1 fully saturated rings. The van der Waals surface area contributed by atoms with Gasteiger partial charge in [-0.1, -0.05) is 12.2 Å². The topological polar surface area (TPSA) is 15.3 Å². The van der Waals surface area contributed by atoms with Gasteiger partial charge in [-0.3, -0.25) is 4.90 Å². The van der Waals surface area contributed by atoms with E-state index in [9.17, 15) is 0 Å². The normalized spacial score (nSPS) is 25.2. The smallest absolute Gasteiger partial charge is 0.0635 e. The molecule has 0 aromatic heterocycles. The van der Waals surface area contributed by atoms with E-state index in [1.807, 2.05) is 12.2 Å². The molecule has 0 aromatic rings.